The highest BCUT2D eigenvalue weighted by Crippen LogP contribution is 2.33. The lowest BCUT2D eigenvalue weighted by molar-refractivity contribution is 0.0953. The molecule has 1 unspecified atom stereocenters. The molecule has 0 spiro atoms. The summed E-state index contributed by atoms with van der Waals surface area (Å²) < 4.78 is 13.2. The fraction of sp³-hybridized carbons (Fsp3) is 0.261. The maximum absolute atomic E-state index is 13.2. The van der Waals surface area contributed by atoms with Crippen molar-refractivity contribution in [2.45, 2.75) is 33.6 Å². The molecule has 1 atom stereocenters. The summed E-state index contributed by atoms with van der Waals surface area (Å²) in [6.07, 6.45) is 1.20. The standard InChI is InChI=1S/C23H23FN4O/c1-13-11-19-21(20(29)12-13)22(26-18-6-4-5-14(2)15(18)3)28-23(27-19)25-17-9-7-16(24)8-10-17/h4-10,13H,11-12H2,1-3H3,(H2,25,26,27,28). The molecule has 4 rings (SSSR count). The Balaban J connectivity index is 1.77. The van der Waals surface area contributed by atoms with Crippen LogP contribution in [0.4, 0.5) is 27.5 Å². The van der Waals surface area contributed by atoms with Gasteiger partial charge in [-0.15, -0.1) is 0 Å². The molecule has 0 bridgehead atoms. The van der Waals surface area contributed by atoms with Crippen molar-refractivity contribution in [3.8, 4) is 0 Å². The molecule has 0 fully saturated rings. The molecular weight excluding hydrogens is 367 g/mol. The van der Waals surface area contributed by atoms with Gasteiger partial charge in [-0.05, 0) is 67.6 Å². The first-order valence-corrected chi connectivity index (χ1v) is 9.70. The summed E-state index contributed by atoms with van der Waals surface area (Å²) in [5.74, 6) is 0.867. The molecule has 1 aliphatic carbocycles. The van der Waals surface area contributed by atoms with Crippen LogP contribution in [0.15, 0.2) is 42.5 Å². The van der Waals surface area contributed by atoms with Crippen molar-refractivity contribution < 1.29 is 9.18 Å². The number of anilines is 4. The van der Waals surface area contributed by atoms with Gasteiger partial charge in [0.2, 0.25) is 5.95 Å². The molecule has 0 aliphatic heterocycles. The van der Waals surface area contributed by atoms with Crippen molar-refractivity contribution in [2.24, 2.45) is 5.92 Å². The first-order chi connectivity index (χ1) is 13.9. The van der Waals surface area contributed by atoms with Gasteiger partial charge in [0.25, 0.3) is 0 Å². The van der Waals surface area contributed by atoms with Crippen LogP contribution in [-0.4, -0.2) is 15.8 Å². The third-order valence-corrected chi connectivity index (χ3v) is 5.30. The second-order valence-electron chi connectivity index (χ2n) is 7.66. The summed E-state index contributed by atoms with van der Waals surface area (Å²) in [6, 6.07) is 12.0. The van der Waals surface area contributed by atoms with Gasteiger partial charge < -0.3 is 10.6 Å². The van der Waals surface area contributed by atoms with Gasteiger partial charge in [-0.3, -0.25) is 4.79 Å². The SMILES string of the molecule is Cc1cccc(Nc2nc(Nc3ccc(F)cc3)nc3c2C(=O)CC(C)C3)c1C. The van der Waals surface area contributed by atoms with Crippen LogP contribution in [-0.2, 0) is 6.42 Å². The lowest BCUT2D eigenvalue weighted by Crippen LogP contribution is -2.22. The summed E-state index contributed by atoms with van der Waals surface area (Å²) in [4.78, 5) is 22.0. The fourth-order valence-corrected chi connectivity index (χ4v) is 3.59. The van der Waals surface area contributed by atoms with Crippen LogP contribution in [0.5, 0.6) is 0 Å². The van der Waals surface area contributed by atoms with Crippen LogP contribution in [0.1, 0.15) is 40.5 Å². The molecule has 5 nitrogen and oxygen atoms in total. The molecule has 1 aliphatic rings. The zero-order valence-corrected chi connectivity index (χ0v) is 16.7. The van der Waals surface area contributed by atoms with Gasteiger partial charge >= 0.3 is 0 Å². The van der Waals surface area contributed by atoms with Gasteiger partial charge in [-0.2, -0.15) is 4.98 Å². The lowest BCUT2D eigenvalue weighted by Gasteiger charge is -2.23. The van der Waals surface area contributed by atoms with E-state index in [4.69, 9.17) is 0 Å². The Bertz CT molecular complexity index is 1080. The predicted octanol–water partition coefficient (Wildman–Crippen LogP) is 5.48. The van der Waals surface area contributed by atoms with E-state index in [0.29, 0.717) is 35.9 Å². The number of aromatic nitrogens is 2. The smallest absolute Gasteiger partial charge is 0.229 e. The number of halogens is 1. The number of hydrogen-bond acceptors (Lipinski definition) is 5. The van der Waals surface area contributed by atoms with E-state index in [-0.39, 0.29) is 17.5 Å². The number of nitrogens with one attached hydrogen (secondary N) is 2. The summed E-state index contributed by atoms with van der Waals surface area (Å²) in [7, 11) is 0. The van der Waals surface area contributed by atoms with Crippen LogP contribution in [0, 0.1) is 25.6 Å². The number of aryl methyl sites for hydroxylation is 1. The molecule has 6 heteroatoms. The van der Waals surface area contributed by atoms with E-state index in [2.05, 4.69) is 20.6 Å². The van der Waals surface area contributed by atoms with Gasteiger partial charge in [-0.25, -0.2) is 9.37 Å². The molecule has 0 saturated heterocycles. The minimum absolute atomic E-state index is 0.0555. The van der Waals surface area contributed by atoms with E-state index in [0.717, 1.165) is 22.5 Å². The zero-order valence-electron chi connectivity index (χ0n) is 16.7. The Morgan fingerprint density at radius 3 is 2.52 bits per heavy atom. The molecule has 1 heterocycles. The molecule has 29 heavy (non-hydrogen) atoms. The average Bonchev–Trinajstić information content (AvgIpc) is 2.66. The topological polar surface area (TPSA) is 66.9 Å². The number of ketones is 1. The second-order valence-corrected chi connectivity index (χ2v) is 7.66. The largest absolute Gasteiger partial charge is 0.339 e. The second kappa shape index (κ2) is 7.62. The molecule has 0 amide bonds. The van der Waals surface area contributed by atoms with Gasteiger partial charge in [0.1, 0.15) is 11.6 Å². The minimum Gasteiger partial charge on any atom is -0.339 e. The molecular formula is C23H23FN4O. The Hall–Kier alpha value is -3.28. The highest BCUT2D eigenvalue weighted by molar-refractivity contribution is 6.03. The molecule has 0 saturated carbocycles. The Morgan fingerprint density at radius 2 is 1.76 bits per heavy atom. The number of Topliss-reactive ketones (excluding diaryl/α,β-unsaturated/α-hetero) is 1. The van der Waals surface area contributed by atoms with Gasteiger partial charge in [0.15, 0.2) is 5.78 Å². The van der Waals surface area contributed by atoms with E-state index in [1.807, 2.05) is 39.0 Å². The summed E-state index contributed by atoms with van der Waals surface area (Å²) in [5.41, 5.74) is 5.14. The van der Waals surface area contributed by atoms with E-state index in [1.165, 1.54) is 12.1 Å². The third kappa shape index (κ3) is 3.97. The summed E-state index contributed by atoms with van der Waals surface area (Å²) in [6.45, 7) is 6.13. The first-order valence-electron chi connectivity index (χ1n) is 9.70. The predicted molar refractivity (Wildman–Crippen MR) is 113 cm³/mol. The normalized spacial score (nSPS) is 15.7. The van der Waals surface area contributed by atoms with E-state index in [9.17, 15) is 9.18 Å². The van der Waals surface area contributed by atoms with Crippen LogP contribution in [0.2, 0.25) is 0 Å². The number of fused-ring (bicyclic) bond motifs is 1. The maximum atomic E-state index is 13.2. The Kier molecular flexibility index (Phi) is 5.01. The quantitative estimate of drug-likeness (QED) is 0.617. The number of benzene rings is 2. The number of carbonyl (C=O) groups excluding carboxylic acids is 1. The third-order valence-electron chi connectivity index (χ3n) is 5.30. The lowest BCUT2D eigenvalue weighted by atomic mass is 9.87. The van der Waals surface area contributed by atoms with Crippen LogP contribution < -0.4 is 10.6 Å². The van der Waals surface area contributed by atoms with E-state index < -0.39 is 0 Å². The molecule has 2 aromatic carbocycles. The highest BCUT2D eigenvalue weighted by Gasteiger charge is 2.28. The monoisotopic (exact) mass is 390 g/mol. The van der Waals surface area contributed by atoms with Crippen LogP contribution in [0.3, 0.4) is 0 Å². The molecule has 0 radical (unpaired) electrons. The van der Waals surface area contributed by atoms with Gasteiger partial charge in [0, 0.05) is 17.8 Å². The van der Waals surface area contributed by atoms with E-state index in [1.54, 1.807) is 12.1 Å². The Morgan fingerprint density at radius 1 is 1.00 bits per heavy atom. The summed E-state index contributed by atoms with van der Waals surface area (Å²) in [5, 5.41) is 6.47. The molecule has 3 aromatic rings. The van der Waals surface area contributed by atoms with Gasteiger partial charge in [0.05, 0.1) is 11.3 Å². The van der Waals surface area contributed by atoms with Gasteiger partial charge in [-0.1, -0.05) is 19.1 Å². The van der Waals surface area contributed by atoms with Crippen molar-refractivity contribution in [2.75, 3.05) is 10.6 Å². The van der Waals surface area contributed by atoms with E-state index >= 15 is 0 Å². The Labute approximate surface area is 169 Å². The van der Waals surface area contributed by atoms with Crippen molar-refractivity contribution in [3.63, 3.8) is 0 Å². The fourth-order valence-electron chi connectivity index (χ4n) is 3.59. The minimum atomic E-state index is -0.307. The maximum Gasteiger partial charge on any atom is 0.229 e. The first kappa shape index (κ1) is 19.1. The molecule has 2 N–H and O–H groups in total. The molecule has 148 valence electrons. The van der Waals surface area contributed by atoms with Crippen molar-refractivity contribution in [3.05, 3.63) is 70.7 Å². The number of carbonyl (C=O) groups is 1. The van der Waals surface area contributed by atoms with Crippen LogP contribution in [0.25, 0.3) is 0 Å². The molecule has 1 aromatic heterocycles. The van der Waals surface area contributed by atoms with Crippen molar-refractivity contribution in [1.82, 2.24) is 9.97 Å². The van der Waals surface area contributed by atoms with Crippen molar-refractivity contribution >= 4 is 28.9 Å². The van der Waals surface area contributed by atoms with Crippen LogP contribution >= 0.6 is 0 Å². The number of hydrogen-bond donors (Lipinski definition) is 2. The summed E-state index contributed by atoms with van der Waals surface area (Å²) >= 11 is 0. The number of rotatable bonds is 4. The highest BCUT2D eigenvalue weighted by atomic mass is 19.1. The number of nitrogens with zero attached hydrogens (tertiary/aromatic N) is 2. The average molecular weight is 390 g/mol. The van der Waals surface area contributed by atoms with Crippen molar-refractivity contribution in [1.29, 1.82) is 0 Å². The zero-order chi connectivity index (χ0) is 20.5.